The third kappa shape index (κ3) is 3.60. The van der Waals surface area contributed by atoms with Gasteiger partial charge in [0.15, 0.2) is 5.78 Å². The Morgan fingerprint density at radius 1 is 1.35 bits per heavy atom. The molecule has 0 radical (unpaired) electrons. The van der Waals surface area contributed by atoms with Crippen LogP contribution < -0.4 is 5.73 Å². The van der Waals surface area contributed by atoms with E-state index >= 15 is 0 Å². The van der Waals surface area contributed by atoms with Crippen LogP contribution in [0.3, 0.4) is 0 Å². The van der Waals surface area contributed by atoms with Gasteiger partial charge in [0.05, 0.1) is 5.56 Å². The second-order valence-corrected chi connectivity index (χ2v) is 4.97. The molecule has 0 saturated heterocycles. The van der Waals surface area contributed by atoms with Crippen LogP contribution in [0, 0.1) is 18.6 Å². The molecule has 94 valence electrons. The molecule has 2 nitrogen and oxygen atoms in total. The van der Waals surface area contributed by atoms with Crippen molar-refractivity contribution in [1.82, 2.24) is 0 Å². The van der Waals surface area contributed by atoms with Crippen LogP contribution in [0.5, 0.6) is 0 Å². The number of Topliss-reactive ketones (excluding diaryl/α,β-unsaturated/α-hetero) is 1. The molecule has 2 N–H and O–H groups in total. The summed E-state index contributed by atoms with van der Waals surface area (Å²) in [6.07, 6.45) is 0.430. The zero-order chi connectivity index (χ0) is 13.2. The summed E-state index contributed by atoms with van der Waals surface area (Å²) in [4.78, 5) is 11.7. The van der Waals surface area contributed by atoms with Gasteiger partial charge >= 0.3 is 0 Å². The molecular formula is C13H17F2NO. The van der Waals surface area contributed by atoms with E-state index in [4.69, 9.17) is 5.73 Å². The number of nitrogens with two attached hydrogens (primary N) is 1. The summed E-state index contributed by atoms with van der Waals surface area (Å²) in [5.74, 6) is -2.13. The number of carbonyl (C=O) groups excluding carboxylic acids is 1. The smallest absolute Gasteiger partial charge is 0.168 e. The van der Waals surface area contributed by atoms with Crippen molar-refractivity contribution in [2.75, 3.05) is 0 Å². The number of benzene rings is 1. The highest BCUT2D eigenvalue weighted by Crippen LogP contribution is 2.20. The molecule has 0 atom stereocenters. The lowest BCUT2D eigenvalue weighted by atomic mass is 9.95. The Labute approximate surface area is 99.8 Å². The highest BCUT2D eigenvalue weighted by atomic mass is 19.1. The first kappa shape index (κ1) is 13.8. The van der Waals surface area contributed by atoms with Crippen LogP contribution >= 0.6 is 0 Å². The molecular weight excluding hydrogens is 224 g/mol. The fraction of sp³-hybridized carbons (Fsp3) is 0.462. The van der Waals surface area contributed by atoms with Crippen LogP contribution in [0.25, 0.3) is 0 Å². The molecule has 0 aromatic heterocycles. The number of ketones is 1. The molecule has 4 heteroatoms. The Balaban J connectivity index is 2.93. The number of hydrogen-bond acceptors (Lipinski definition) is 2. The van der Waals surface area contributed by atoms with E-state index in [1.807, 2.05) is 0 Å². The summed E-state index contributed by atoms with van der Waals surface area (Å²) in [6, 6.07) is 2.42. The van der Waals surface area contributed by atoms with Gasteiger partial charge in [-0.3, -0.25) is 4.79 Å². The minimum atomic E-state index is -0.812. The number of aryl methyl sites for hydroxylation is 1. The van der Waals surface area contributed by atoms with E-state index in [9.17, 15) is 13.6 Å². The molecule has 0 aliphatic heterocycles. The molecule has 0 amide bonds. The van der Waals surface area contributed by atoms with Gasteiger partial charge in [-0.15, -0.1) is 0 Å². The van der Waals surface area contributed by atoms with Gasteiger partial charge in [0.2, 0.25) is 0 Å². The molecule has 0 aliphatic rings. The predicted octanol–water partition coefficient (Wildman–Crippen LogP) is 2.97. The monoisotopic (exact) mass is 241 g/mol. The quantitative estimate of drug-likeness (QED) is 0.823. The van der Waals surface area contributed by atoms with Crippen molar-refractivity contribution < 1.29 is 13.6 Å². The van der Waals surface area contributed by atoms with Crippen LogP contribution in [0.4, 0.5) is 8.78 Å². The molecule has 0 fully saturated rings. The number of hydrogen-bond donors (Lipinski definition) is 1. The fourth-order valence-electron chi connectivity index (χ4n) is 1.47. The van der Waals surface area contributed by atoms with Gasteiger partial charge in [-0.1, -0.05) is 6.07 Å². The van der Waals surface area contributed by atoms with Crippen molar-refractivity contribution in [3.63, 3.8) is 0 Å². The molecule has 0 spiro atoms. The lowest BCUT2D eigenvalue weighted by molar-refractivity contribution is 0.0964. The van der Waals surface area contributed by atoms with Crippen molar-refractivity contribution in [2.24, 2.45) is 5.73 Å². The van der Waals surface area contributed by atoms with Crippen molar-refractivity contribution >= 4 is 5.78 Å². The standard InChI is InChI=1S/C13H17F2NO/c1-8-4-5-9(14)11(12(8)15)10(17)6-7-13(2,3)16/h4-5H,6-7,16H2,1-3H3. The predicted molar refractivity (Wildman–Crippen MR) is 62.9 cm³/mol. The Morgan fingerprint density at radius 2 is 1.94 bits per heavy atom. The van der Waals surface area contributed by atoms with Crippen molar-refractivity contribution in [2.45, 2.75) is 39.2 Å². The average Bonchev–Trinajstić information content (AvgIpc) is 2.20. The van der Waals surface area contributed by atoms with Crippen LogP contribution in [0.2, 0.25) is 0 Å². The van der Waals surface area contributed by atoms with E-state index in [-0.39, 0.29) is 12.0 Å². The molecule has 0 aliphatic carbocycles. The zero-order valence-electron chi connectivity index (χ0n) is 10.3. The van der Waals surface area contributed by atoms with E-state index < -0.39 is 28.5 Å². The molecule has 0 saturated carbocycles. The second-order valence-electron chi connectivity index (χ2n) is 4.97. The summed E-state index contributed by atoms with van der Waals surface area (Å²) in [5, 5.41) is 0. The van der Waals surface area contributed by atoms with Gasteiger partial charge in [-0.05, 0) is 38.8 Å². The van der Waals surface area contributed by atoms with Gasteiger partial charge in [0.25, 0.3) is 0 Å². The molecule has 0 heterocycles. The third-order valence-electron chi connectivity index (χ3n) is 2.56. The van der Waals surface area contributed by atoms with E-state index in [0.29, 0.717) is 6.42 Å². The Morgan fingerprint density at radius 3 is 2.47 bits per heavy atom. The molecule has 0 unspecified atom stereocenters. The third-order valence-corrected chi connectivity index (χ3v) is 2.56. The summed E-state index contributed by atoms with van der Waals surface area (Å²) >= 11 is 0. The maximum Gasteiger partial charge on any atom is 0.168 e. The van der Waals surface area contributed by atoms with Gasteiger partial charge < -0.3 is 5.73 Å². The highest BCUT2D eigenvalue weighted by Gasteiger charge is 2.21. The first-order valence-corrected chi connectivity index (χ1v) is 5.49. The normalized spacial score (nSPS) is 11.6. The Hall–Kier alpha value is -1.29. The van der Waals surface area contributed by atoms with Gasteiger partial charge in [0.1, 0.15) is 11.6 Å². The van der Waals surface area contributed by atoms with Crippen molar-refractivity contribution in [3.05, 3.63) is 34.9 Å². The van der Waals surface area contributed by atoms with Crippen LogP contribution in [0.1, 0.15) is 42.6 Å². The summed E-state index contributed by atoms with van der Waals surface area (Å²) < 4.78 is 27.0. The summed E-state index contributed by atoms with van der Waals surface area (Å²) in [7, 11) is 0. The fourth-order valence-corrected chi connectivity index (χ4v) is 1.47. The first-order chi connectivity index (χ1) is 7.72. The van der Waals surface area contributed by atoms with E-state index in [1.54, 1.807) is 13.8 Å². The Bertz CT molecular complexity index is 436. The first-order valence-electron chi connectivity index (χ1n) is 5.49. The number of halogens is 2. The minimum absolute atomic E-state index is 0.0425. The van der Waals surface area contributed by atoms with Crippen molar-refractivity contribution in [3.8, 4) is 0 Å². The second kappa shape index (κ2) is 4.92. The topological polar surface area (TPSA) is 43.1 Å². The highest BCUT2D eigenvalue weighted by molar-refractivity contribution is 5.96. The maximum atomic E-state index is 13.6. The molecule has 1 aromatic carbocycles. The lowest BCUT2D eigenvalue weighted by Crippen LogP contribution is -2.32. The van der Waals surface area contributed by atoms with Crippen molar-refractivity contribution in [1.29, 1.82) is 0 Å². The van der Waals surface area contributed by atoms with Gasteiger partial charge in [-0.25, -0.2) is 8.78 Å². The molecule has 17 heavy (non-hydrogen) atoms. The molecule has 0 bridgehead atoms. The molecule has 1 rings (SSSR count). The average molecular weight is 241 g/mol. The van der Waals surface area contributed by atoms with E-state index in [2.05, 4.69) is 0 Å². The van der Waals surface area contributed by atoms with Gasteiger partial charge in [0, 0.05) is 12.0 Å². The van der Waals surface area contributed by atoms with Gasteiger partial charge in [-0.2, -0.15) is 0 Å². The SMILES string of the molecule is Cc1ccc(F)c(C(=O)CCC(C)(C)N)c1F. The zero-order valence-corrected chi connectivity index (χ0v) is 10.3. The maximum absolute atomic E-state index is 13.6. The Kier molecular flexibility index (Phi) is 3.98. The number of rotatable bonds is 4. The minimum Gasteiger partial charge on any atom is -0.326 e. The van der Waals surface area contributed by atoms with Crippen LogP contribution in [-0.2, 0) is 0 Å². The van der Waals surface area contributed by atoms with E-state index in [1.165, 1.54) is 13.0 Å². The summed E-state index contributed by atoms with van der Waals surface area (Å²) in [6.45, 7) is 5.03. The largest absolute Gasteiger partial charge is 0.326 e. The lowest BCUT2D eigenvalue weighted by Gasteiger charge is -2.17. The van der Waals surface area contributed by atoms with Crippen LogP contribution in [-0.4, -0.2) is 11.3 Å². The summed E-state index contributed by atoms with van der Waals surface area (Å²) in [5.41, 5.74) is 5.02. The van der Waals surface area contributed by atoms with Crippen LogP contribution in [0.15, 0.2) is 12.1 Å². The number of carbonyl (C=O) groups is 1. The van der Waals surface area contributed by atoms with E-state index in [0.717, 1.165) is 6.07 Å². The molecule has 1 aromatic rings.